The van der Waals surface area contributed by atoms with Crippen LogP contribution in [0.4, 0.5) is 0 Å². The second-order valence-corrected chi connectivity index (χ2v) is 7.38. The average Bonchev–Trinajstić information content (AvgIpc) is 2.38. The molecule has 0 bridgehead atoms. The molecule has 130 valence electrons. The monoisotopic (exact) mass is 344 g/mol. The Hall–Kier alpha value is 0.910. The van der Waals surface area contributed by atoms with E-state index in [0.717, 1.165) is 12.8 Å². The molecule has 22 heavy (non-hydrogen) atoms. The molecule has 0 saturated heterocycles. The van der Waals surface area contributed by atoms with Crippen LogP contribution < -0.4 is 29.6 Å². The number of unbranched alkanes of at least 4 members (excludes halogenated alkanes) is 13. The van der Waals surface area contributed by atoms with E-state index in [1.54, 1.807) is 0 Å². The summed E-state index contributed by atoms with van der Waals surface area (Å²) in [4.78, 5) is 0. The second kappa shape index (κ2) is 20.0. The van der Waals surface area contributed by atoms with Crippen molar-refractivity contribution < 1.29 is 42.5 Å². The third-order valence-electron chi connectivity index (χ3n) is 3.75. The third-order valence-corrected chi connectivity index (χ3v) is 4.54. The summed E-state index contributed by atoms with van der Waals surface area (Å²) in [5.41, 5.74) is 0. The van der Waals surface area contributed by atoms with Crippen LogP contribution in [0.1, 0.15) is 104 Å². The molecule has 0 aliphatic heterocycles. The van der Waals surface area contributed by atoms with Crippen LogP contribution in [0.2, 0.25) is 0 Å². The van der Waals surface area contributed by atoms with E-state index in [1.807, 2.05) is 0 Å². The molecular formula is C17H37NaO3S. The van der Waals surface area contributed by atoms with E-state index >= 15 is 0 Å². The van der Waals surface area contributed by atoms with Crippen LogP contribution in [0.3, 0.4) is 0 Å². The molecule has 0 spiro atoms. The van der Waals surface area contributed by atoms with Crippen LogP contribution in [0.25, 0.3) is 0 Å². The van der Waals surface area contributed by atoms with Gasteiger partial charge in [0.2, 0.25) is 0 Å². The fourth-order valence-electron chi connectivity index (χ4n) is 2.47. The van der Waals surface area contributed by atoms with Crippen molar-refractivity contribution in [2.45, 2.75) is 104 Å². The Morgan fingerprint density at radius 3 is 1.18 bits per heavy atom. The maximum atomic E-state index is 10.4. The molecule has 0 amide bonds. The summed E-state index contributed by atoms with van der Waals surface area (Å²) in [6.07, 6.45) is 17.2. The van der Waals surface area contributed by atoms with Gasteiger partial charge in [-0.05, 0) is 6.42 Å². The molecule has 0 aromatic rings. The van der Waals surface area contributed by atoms with Gasteiger partial charge in [-0.2, -0.15) is 0 Å². The van der Waals surface area contributed by atoms with E-state index in [1.165, 1.54) is 70.6 Å². The molecule has 0 saturated carbocycles. The normalized spacial score (nSPS) is 10.8. The van der Waals surface area contributed by atoms with Gasteiger partial charge in [-0.25, -0.2) is 8.42 Å². The summed E-state index contributed by atoms with van der Waals surface area (Å²) in [5, 5.41) is 0. The fraction of sp³-hybridized carbons (Fsp3) is 1.00. The summed E-state index contributed by atoms with van der Waals surface area (Å²) in [6.45, 7) is 2.25. The Balaban J connectivity index is -0.00000180. The first-order valence-electron chi connectivity index (χ1n) is 8.50. The average molecular weight is 345 g/mol. The van der Waals surface area contributed by atoms with Crippen molar-refractivity contribution >= 4 is 10.1 Å². The van der Waals surface area contributed by atoms with Gasteiger partial charge in [-0.3, -0.25) is 0 Å². The molecule has 0 radical (unpaired) electrons. The smallest absolute Gasteiger partial charge is 0.748 e. The molecule has 0 fully saturated rings. The molecular weight excluding hydrogens is 307 g/mol. The minimum atomic E-state index is -3.99. The van der Waals surface area contributed by atoms with Crippen molar-refractivity contribution in [1.29, 1.82) is 0 Å². The summed E-state index contributed by atoms with van der Waals surface area (Å²) in [6, 6.07) is 0. The van der Waals surface area contributed by atoms with Crippen molar-refractivity contribution in [1.82, 2.24) is 0 Å². The van der Waals surface area contributed by atoms with Gasteiger partial charge in [-0.1, -0.05) is 97.8 Å². The SMILES string of the molecule is C.CCCCCCCCCCCCCCCCS(=O)(=O)[O-].[Na+]. The minimum Gasteiger partial charge on any atom is -0.748 e. The molecule has 0 heterocycles. The van der Waals surface area contributed by atoms with Crippen molar-refractivity contribution in [2.75, 3.05) is 5.75 Å². The first-order valence-corrected chi connectivity index (χ1v) is 10.1. The van der Waals surface area contributed by atoms with E-state index < -0.39 is 10.1 Å². The Bertz CT molecular complexity index is 292. The molecule has 0 rings (SSSR count). The van der Waals surface area contributed by atoms with Gasteiger partial charge in [-0.15, -0.1) is 0 Å². The quantitative estimate of drug-likeness (QED) is 0.261. The van der Waals surface area contributed by atoms with Crippen molar-refractivity contribution in [3.05, 3.63) is 0 Å². The Kier molecular flexibility index (Phi) is 25.2. The zero-order valence-electron chi connectivity index (χ0n) is 14.2. The van der Waals surface area contributed by atoms with Gasteiger partial charge in [0.1, 0.15) is 0 Å². The predicted molar refractivity (Wildman–Crippen MR) is 91.6 cm³/mol. The van der Waals surface area contributed by atoms with Crippen LogP contribution >= 0.6 is 0 Å². The summed E-state index contributed by atoms with van der Waals surface area (Å²) in [5.74, 6) is -0.189. The maximum Gasteiger partial charge on any atom is 1.00 e. The molecule has 5 heteroatoms. The molecule has 3 nitrogen and oxygen atoms in total. The predicted octanol–water partition coefficient (Wildman–Crippen LogP) is 2.65. The van der Waals surface area contributed by atoms with Crippen molar-refractivity contribution in [2.24, 2.45) is 0 Å². The van der Waals surface area contributed by atoms with Gasteiger partial charge < -0.3 is 4.55 Å². The summed E-state index contributed by atoms with van der Waals surface area (Å²) in [7, 11) is -3.99. The minimum absolute atomic E-state index is 0. The molecule has 0 aliphatic rings. The Labute approximate surface area is 162 Å². The van der Waals surface area contributed by atoms with E-state index in [2.05, 4.69) is 6.92 Å². The van der Waals surface area contributed by atoms with Gasteiger partial charge in [0.15, 0.2) is 0 Å². The van der Waals surface area contributed by atoms with Crippen LogP contribution in [-0.4, -0.2) is 18.7 Å². The second-order valence-electron chi connectivity index (χ2n) is 5.86. The Morgan fingerprint density at radius 1 is 0.636 bits per heavy atom. The molecule has 0 aromatic carbocycles. The number of rotatable bonds is 15. The molecule has 0 atom stereocenters. The fourth-order valence-corrected chi connectivity index (χ4v) is 3.03. The van der Waals surface area contributed by atoms with E-state index in [9.17, 15) is 13.0 Å². The first-order chi connectivity index (χ1) is 9.56. The molecule has 0 aliphatic carbocycles. The summed E-state index contributed by atoms with van der Waals surface area (Å²) >= 11 is 0. The number of hydrogen-bond donors (Lipinski definition) is 0. The van der Waals surface area contributed by atoms with Crippen LogP contribution in [-0.2, 0) is 10.1 Å². The maximum absolute atomic E-state index is 10.4. The van der Waals surface area contributed by atoms with Crippen LogP contribution in [0.5, 0.6) is 0 Å². The largest absolute Gasteiger partial charge is 1.00 e. The molecule has 0 N–H and O–H groups in total. The van der Waals surface area contributed by atoms with Crippen molar-refractivity contribution in [3.8, 4) is 0 Å². The molecule has 0 aromatic heterocycles. The third kappa shape index (κ3) is 25.8. The zero-order valence-corrected chi connectivity index (χ0v) is 17.1. The first kappa shape index (κ1) is 27.7. The van der Waals surface area contributed by atoms with Gasteiger partial charge in [0, 0.05) is 5.75 Å². The van der Waals surface area contributed by atoms with E-state index in [0.29, 0.717) is 6.42 Å². The zero-order chi connectivity index (χ0) is 15.1. The van der Waals surface area contributed by atoms with Gasteiger partial charge >= 0.3 is 29.6 Å². The topological polar surface area (TPSA) is 57.2 Å². The van der Waals surface area contributed by atoms with Crippen LogP contribution in [0.15, 0.2) is 0 Å². The van der Waals surface area contributed by atoms with E-state index in [4.69, 9.17) is 0 Å². The van der Waals surface area contributed by atoms with E-state index in [-0.39, 0.29) is 42.7 Å². The summed E-state index contributed by atoms with van der Waals surface area (Å²) < 4.78 is 31.2. The Morgan fingerprint density at radius 2 is 0.909 bits per heavy atom. The van der Waals surface area contributed by atoms with Crippen LogP contribution in [0, 0.1) is 0 Å². The van der Waals surface area contributed by atoms with Gasteiger partial charge in [0.25, 0.3) is 0 Å². The van der Waals surface area contributed by atoms with Gasteiger partial charge in [0.05, 0.1) is 10.1 Å². The van der Waals surface area contributed by atoms with Crippen molar-refractivity contribution in [3.63, 3.8) is 0 Å². The standard InChI is InChI=1S/C16H34O3S.CH4.Na/c1-2-3-4-5-6-7-8-9-10-11-12-13-14-15-16-20(17,18)19;;/h2-16H2,1H3,(H,17,18,19);1H4;/q;;+1/p-1. The molecule has 0 unspecified atom stereocenters. The number of hydrogen-bond acceptors (Lipinski definition) is 3.